The fraction of sp³-hybridized carbons (Fsp3) is 0.765. The van der Waals surface area contributed by atoms with Gasteiger partial charge in [-0.3, -0.25) is 0 Å². The second kappa shape index (κ2) is 9.42. The van der Waals surface area contributed by atoms with Gasteiger partial charge in [-0.15, -0.1) is 0 Å². The second-order valence-electron chi connectivity index (χ2n) is 6.29. The Kier molecular flexibility index (Phi) is 8.27. The second-order valence-corrected chi connectivity index (χ2v) is 7.56. The number of hydrogen-bond acceptors (Lipinski definition) is 4. The van der Waals surface area contributed by atoms with E-state index in [2.05, 4.69) is 56.8 Å². The van der Waals surface area contributed by atoms with Crippen LogP contribution in [0.5, 0.6) is 0 Å². The first-order valence-electron chi connectivity index (χ1n) is 8.05. The molecule has 0 spiro atoms. The lowest BCUT2D eigenvalue weighted by Gasteiger charge is -2.17. The van der Waals surface area contributed by atoms with E-state index in [4.69, 9.17) is 0 Å². The van der Waals surface area contributed by atoms with Crippen molar-refractivity contribution in [3.05, 3.63) is 22.8 Å². The Labute approximate surface area is 134 Å². The van der Waals surface area contributed by atoms with E-state index in [-0.39, 0.29) is 0 Å². The van der Waals surface area contributed by atoms with Crippen LogP contribution in [0.15, 0.2) is 0 Å². The molecule has 0 aliphatic rings. The van der Waals surface area contributed by atoms with Crippen LogP contribution < -0.4 is 5.32 Å². The van der Waals surface area contributed by atoms with Crippen molar-refractivity contribution in [2.75, 3.05) is 18.8 Å². The van der Waals surface area contributed by atoms with Gasteiger partial charge in [0, 0.05) is 11.4 Å². The van der Waals surface area contributed by atoms with Crippen LogP contribution in [0.1, 0.15) is 50.5 Å². The lowest BCUT2D eigenvalue weighted by molar-refractivity contribution is 0.471. The minimum atomic E-state index is 0.612. The first-order chi connectivity index (χ1) is 9.93. The third kappa shape index (κ3) is 6.79. The predicted octanol–water partition coefficient (Wildman–Crippen LogP) is 3.77. The van der Waals surface area contributed by atoms with Gasteiger partial charge in [-0.25, -0.2) is 9.97 Å². The lowest BCUT2D eigenvalue weighted by atomic mass is 9.98. The zero-order valence-corrected chi connectivity index (χ0v) is 15.3. The topological polar surface area (TPSA) is 37.8 Å². The minimum Gasteiger partial charge on any atom is -0.316 e. The average molecular weight is 310 g/mol. The van der Waals surface area contributed by atoms with Crippen molar-refractivity contribution < 1.29 is 0 Å². The molecular weight excluding hydrogens is 278 g/mol. The molecule has 0 aliphatic carbocycles. The van der Waals surface area contributed by atoms with Gasteiger partial charge in [0.05, 0.1) is 5.75 Å². The molecule has 0 amide bonds. The number of hydrogen-bond donors (Lipinski definition) is 1. The largest absolute Gasteiger partial charge is 0.316 e. The van der Waals surface area contributed by atoms with Crippen molar-refractivity contribution in [2.24, 2.45) is 11.8 Å². The summed E-state index contributed by atoms with van der Waals surface area (Å²) in [5.41, 5.74) is 3.65. The first-order valence-corrected chi connectivity index (χ1v) is 9.20. The SMILES string of the molecule is CCSCc1nc(C)c(CC(C)CNCC(C)C)c(C)n1. The molecule has 0 aliphatic heterocycles. The highest BCUT2D eigenvalue weighted by Gasteiger charge is 2.12. The Morgan fingerprint density at radius 3 is 2.19 bits per heavy atom. The van der Waals surface area contributed by atoms with Gasteiger partial charge in [-0.05, 0) is 56.5 Å². The molecule has 1 aromatic heterocycles. The number of thioether (sulfide) groups is 1. The van der Waals surface area contributed by atoms with E-state index >= 15 is 0 Å². The normalized spacial score (nSPS) is 12.9. The molecule has 0 fully saturated rings. The lowest BCUT2D eigenvalue weighted by Crippen LogP contribution is -2.26. The van der Waals surface area contributed by atoms with Crippen LogP contribution in [-0.4, -0.2) is 28.8 Å². The molecule has 3 nitrogen and oxygen atoms in total. The van der Waals surface area contributed by atoms with Crippen LogP contribution in [0.2, 0.25) is 0 Å². The van der Waals surface area contributed by atoms with Gasteiger partial charge in [0.25, 0.3) is 0 Å². The monoisotopic (exact) mass is 309 g/mol. The Balaban J connectivity index is 2.62. The zero-order chi connectivity index (χ0) is 15.8. The van der Waals surface area contributed by atoms with Gasteiger partial charge in [-0.2, -0.15) is 11.8 Å². The van der Waals surface area contributed by atoms with E-state index in [1.807, 2.05) is 11.8 Å². The molecule has 1 unspecified atom stereocenters. The highest BCUT2D eigenvalue weighted by Crippen LogP contribution is 2.17. The number of nitrogens with zero attached hydrogens (tertiary/aromatic N) is 2. The summed E-state index contributed by atoms with van der Waals surface area (Å²) in [4.78, 5) is 9.36. The maximum absolute atomic E-state index is 4.68. The highest BCUT2D eigenvalue weighted by atomic mass is 32.2. The van der Waals surface area contributed by atoms with Gasteiger partial charge in [0.1, 0.15) is 5.82 Å². The van der Waals surface area contributed by atoms with Gasteiger partial charge >= 0.3 is 0 Å². The van der Waals surface area contributed by atoms with Gasteiger partial charge in [-0.1, -0.05) is 27.7 Å². The van der Waals surface area contributed by atoms with Crippen molar-refractivity contribution in [3.63, 3.8) is 0 Å². The molecule has 1 atom stereocenters. The van der Waals surface area contributed by atoms with E-state index in [0.717, 1.165) is 48.2 Å². The van der Waals surface area contributed by atoms with Crippen LogP contribution in [0.25, 0.3) is 0 Å². The molecular formula is C17H31N3S. The summed E-state index contributed by atoms with van der Waals surface area (Å²) in [6, 6.07) is 0. The smallest absolute Gasteiger partial charge is 0.138 e. The van der Waals surface area contributed by atoms with E-state index in [9.17, 15) is 0 Å². The third-order valence-corrected chi connectivity index (χ3v) is 4.37. The molecule has 4 heteroatoms. The maximum Gasteiger partial charge on any atom is 0.138 e. The molecule has 0 saturated heterocycles. The molecule has 0 saturated carbocycles. The number of rotatable bonds is 9. The number of aryl methyl sites for hydroxylation is 2. The van der Waals surface area contributed by atoms with Crippen molar-refractivity contribution in [1.29, 1.82) is 0 Å². The molecule has 1 N–H and O–H groups in total. The summed E-state index contributed by atoms with van der Waals surface area (Å²) in [5.74, 6) is 4.33. The highest BCUT2D eigenvalue weighted by molar-refractivity contribution is 7.98. The van der Waals surface area contributed by atoms with Crippen molar-refractivity contribution in [1.82, 2.24) is 15.3 Å². The summed E-state index contributed by atoms with van der Waals surface area (Å²) in [6.45, 7) is 15.4. The van der Waals surface area contributed by atoms with Crippen molar-refractivity contribution in [3.8, 4) is 0 Å². The van der Waals surface area contributed by atoms with Gasteiger partial charge in [0.15, 0.2) is 0 Å². The summed E-state index contributed by atoms with van der Waals surface area (Å²) in [6.07, 6.45) is 1.06. The first kappa shape index (κ1) is 18.4. The maximum atomic E-state index is 4.68. The summed E-state index contributed by atoms with van der Waals surface area (Å²) >= 11 is 1.88. The molecule has 1 heterocycles. The minimum absolute atomic E-state index is 0.612. The Hall–Kier alpha value is -0.610. The molecule has 1 aromatic rings. The quantitative estimate of drug-likeness (QED) is 0.753. The number of nitrogens with one attached hydrogen (secondary N) is 1. The average Bonchev–Trinajstić information content (AvgIpc) is 2.40. The van der Waals surface area contributed by atoms with Crippen molar-refractivity contribution >= 4 is 11.8 Å². The van der Waals surface area contributed by atoms with Crippen molar-refractivity contribution in [2.45, 2.75) is 53.7 Å². The Morgan fingerprint density at radius 2 is 1.67 bits per heavy atom. The number of aromatic nitrogens is 2. The zero-order valence-electron chi connectivity index (χ0n) is 14.5. The molecule has 0 bridgehead atoms. The fourth-order valence-corrected chi connectivity index (χ4v) is 2.92. The summed E-state index contributed by atoms with van der Waals surface area (Å²) in [7, 11) is 0. The van der Waals surface area contributed by atoms with E-state index in [1.54, 1.807) is 0 Å². The third-order valence-electron chi connectivity index (χ3n) is 3.50. The van der Waals surface area contributed by atoms with Gasteiger partial charge in [0.2, 0.25) is 0 Å². The summed E-state index contributed by atoms with van der Waals surface area (Å²) in [5, 5.41) is 3.54. The van der Waals surface area contributed by atoms with Gasteiger partial charge < -0.3 is 5.32 Å². The molecule has 21 heavy (non-hydrogen) atoms. The van der Waals surface area contributed by atoms with E-state index in [0.29, 0.717) is 11.8 Å². The van der Waals surface area contributed by atoms with E-state index in [1.165, 1.54) is 5.56 Å². The van der Waals surface area contributed by atoms with Crippen LogP contribution >= 0.6 is 11.8 Å². The van der Waals surface area contributed by atoms with Crippen LogP contribution in [0.4, 0.5) is 0 Å². The molecule has 120 valence electrons. The van der Waals surface area contributed by atoms with Crippen LogP contribution in [0, 0.1) is 25.7 Å². The Bertz CT molecular complexity index is 409. The van der Waals surface area contributed by atoms with Crippen LogP contribution in [0.3, 0.4) is 0 Å². The molecule has 1 rings (SSSR count). The predicted molar refractivity (Wildman–Crippen MR) is 93.9 cm³/mol. The fourth-order valence-electron chi connectivity index (χ4n) is 2.40. The molecule has 0 radical (unpaired) electrons. The van der Waals surface area contributed by atoms with E-state index < -0.39 is 0 Å². The summed E-state index contributed by atoms with van der Waals surface area (Å²) < 4.78 is 0. The molecule has 0 aromatic carbocycles. The Morgan fingerprint density at radius 1 is 1.05 bits per heavy atom. The van der Waals surface area contributed by atoms with Crippen LogP contribution in [-0.2, 0) is 12.2 Å². The standard InChI is InChI=1S/C17H31N3S/c1-7-21-11-17-19-14(5)16(15(6)20-17)8-13(4)10-18-9-12(2)3/h12-13,18H,7-11H2,1-6H3.